The zero-order chi connectivity index (χ0) is 22.0. The fourth-order valence-corrected chi connectivity index (χ4v) is 3.27. The fraction of sp³-hybridized carbons (Fsp3) is 0.136. The van der Waals surface area contributed by atoms with Crippen molar-refractivity contribution in [2.24, 2.45) is 0 Å². The smallest absolute Gasteiger partial charge is 0.336 e. The number of aromatic hydroxyl groups is 1. The quantitative estimate of drug-likeness (QED) is 0.334. The number of carbonyl (C=O) groups excluding carboxylic acids is 1. The van der Waals surface area contributed by atoms with Gasteiger partial charge < -0.3 is 29.7 Å². The summed E-state index contributed by atoms with van der Waals surface area (Å²) in [5, 5.41) is 23.0. The SMILES string of the molecule is O=C(COc1ccc2ccc(=O)oc2c1)N[C@@H](Cc1c[nH]c2ccc(O)cc12)C(=O)O. The molecule has 0 fully saturated rings. The van der Waals surface area contributed by atoms with E-state index in [0.717, 1.165) is 5.52 Å². The average Bonchev–Trinajstić information content (AvgIpc) is 3.13. The lowest BCUT2D eigenvalue weighted by molar-refractivity contribution is -0.142. The molecule has 0 spiro atoms. The van der Waals surface area contributed by atoms with Crippen LogP contribution in [0.3, 0.4) is 0 Å². The molecule has 4 N–H and O–H groups in total. The number of hydrogen-bond acceptors (Lipinski definition) is 6. The van der Waals surface area contributed by atoms with Crippen LogP contribution in [-0.2, 0) is 16.0 Å². The fourth-order valence-electron chi connectivity index (χ4n) is 3.27. The second kappa shape index (κ2) is 8.23. The molecule has 1 atom stereocenters. The van der Waals surface area contributed by atoms with Crippen LogP contribution >= 0.6 is 0 Å². The summed E-state index contributed by atoms with van der Waals surface area (Å²) >= 11 is 0. The number of aliphatic carboxylic acids is 1. The van der Waals surface area contributed by atoms with Crippen LogP contribution < -0.4 is 15.7 Å². The second-order valence-electron chi connectivity index (χ2n) is 6.95. The standard InChI is InChI=1S/C22H18N2O7/c25-14-3-5-17-16(8-14)13(10-23-17)7-18(22(28)29)24-20(26)11-30-15-4-1-12-2-6-21(27)31-19(12)9-15/h1-6,8-10,18,23,25H,7,11H2,(H,24,26)(H,28,29)/t18-/m0/s1. The Labute approximate surface area is 174 Å². The van der Waals surface area contributed by atoms with Crippen molar-refractivity contribution in [1.82, 2.24) is 10.3 Å². The Morgan fingerprint density at radius 3 is 2.74 bits per heavy atom. The highest BCUT2D eigenvalue weighted by Crippen LogP contribution is 2.24. The Bertz CT molecular complexity index is 1340. The van der Waals surface area contributed by atoms with E-state index in [1.807, 2.05) is 0 Å². The van der Waals surface area contributed by atoms with Gasteiger partial charge in [-0.1, -0.05) is 0 Å². The van der Waals surface area contributed by atoms with Gasteiger partial charge in [0.25, 0.3) is 5.91 Å². The first-order chi connectivity index (χ1) is 14.9. The molecule has 0 aliphatic carbocycles. The first-order valence-electron chi connectivity index (χ1n) is 9.37. The number of carbonyl (C=O) groups is 2. The minimum atomic E-state index is -1.20. The monoisotopic (exact) mass is 422 g/mol. The van der Waals surface area contributed by atoms with Crippen LogP contribution in [-0.4, -0.2) is 39.7 Å². The normalized spacial score (nSPS) is 12.0. The highest BCUT2D eigenvalue weighted by Gasteiger charge is 2.22. The summed E-state index contributed by atoms with van der Waals surface area (Å²) in [4.78, 5) is 38.3. The highest BCUT2D eigenvalue weighted by atomic mass is 16.5. The topological polar surface area (TPSA) is 142 Å². The molecule has 1 amide bonds. The Kier molecular flexibility index (Phi) is 5.31. The van der Waals surface area contributed by atoms with E-state index in [1.54, 1.807) is 30.5 Å². The minimum Gasteiger partial charge on any atom is -0.508 e. The number of phenolic OH excluding ortho intramolecular Hbond substituents is 1. The van der Waals surface area contributed by atoms with E-state index < -0.39 is 30.2 Å². The van der Waals surface area contributed by atoms with Crippen LogP contribution in [0.25, 0.3) is 21.9 Å². The number of H-pyrrole nitrogens is 1. The minimum absolute atomic E-state index is 0.0195. The number of benzene rings is 2. The number of aromatic amines is 1. The van der Waals surface area contributed by atoms with Crippen molar-refractivity contribution in [3.8, 4) is 11.5 Å². The van der Waals surface area contributed by atoms with Crippen molar-refractivity contribution in [2.45, 2.75) is 12.5 Å². The van der Waals surface area contributed by atoms with E-state index in [4.69, 9.17) is 9.15 Å². The van der Waals surface area contributed by atoms with Crippen LogP contribution in [0.5, 0.6) is 11.5 Å². The molecule has 158 valence electrons. The van der Waals surface area contributed by atoms with Crippen molar-refractivity contribution >= 4 is 33.7 Å². The molecule has 2 aromatic heterocycles. The first kappa shape index (κ1) is 20.0. The number of ether oxygens (including phenoxy) is 1. The first-order valence-corrected chi connectivity index (χ1v) is 9.37. The number of nitrogens with one attached hydrogen (secondary N) is 2. The van der Waals surface area contributed by atoms with E-state index in [2.05, 4.69) is 10.3 Å². The van der Waals surface area contributed by atoms with E-state index in [-0.39, 0.29) is 12.2 Å². The molecule has 9 heteroatoms. The van der Waals surface area contributed by atoms with Crippen molar-refractivity contribution in [2.75, 3.05) is 6.61 Å². The molecule has 31 heavy (non-hydrogen) atoms. The lowest BCUT2D eigenvalue weighted by atomic mass is 10.0. The maximum Gasteiger partial charge on any atom is 0.336 e. The molecule has 0 aliphatic heterocycles. The number of rotatable bonds is 7. The maximum atomic E-state index is 12.3. The molecule has 4 rings (SSSR count). The van der Waals surface area contributed by atoms with Gasteiger partial charge in [-0.3, -0.25) is 4.79 Å². The predicted octanol–water partition coefficient (Wildman–Crippen LogP) is 2.17. The van der Waals surface area contributed by atoms with Crippen LogP contribution in [0.2, 0.25) is 0 Å². The lowest BCUT2D eigenvalue weighted by Gasteiger charge is -2.15. The van der Waals surface area contributed by atoms with Gasteiger partial charge in [0.2, 0.25) is 0 Å². The molecular weight excluding hydrogens is 404 g/mol. The number of carboxylic acids is 1. The molecule has 2 heterocycles. The third-order valence-electron chi connectivity index (χ3n) is 4.77. The van der Waals surface area contributed by atoms with Crippen molar-refractivity contribution in [3.05, 3.63) is 70.7 Å². The third kappa shape index (κ3) is 4.50. The van der Waals surface area contributed by atoms with Crippen molar-refractivity contribution in [1.29, 1.82) is 0 Å². The number of carboxylic acid groups (broad SMARTS) is 1. The van der Waals surface area contributed by atoms with Gasteiger partial charge >= 0.3 is 11.6 Å². The summed E-state index contributed by atoms with van der Waals surface area (Å²) in [6.07, 6.45) is 1.66. The zero-order valence-corrected chi connectivity index (χ0v) is 16.1. The molecule has 4 aromatic rings. The van der Waals surface area contributed by atoms with Crippen LogP contribution in [0.1, 0.15) is 5.56 Å². The summed E-state index contributed by atoms with van der Waals surface area (Å²) < 4.78 is 10.5. The Hall–Kier alpha value is -4.27. The van der Waals surface area contributed by atoms with Crippen LogP contribution in [0.4, 0.5) is 0 Å². The van der Waals surface area contributed by atoms with Gasteiger partial charge in [0.1, 0.15) is 23.1 Å². The summed E-state index contributed by atoms with van der Waals surface area (Å²) in [6, 6.07) is 11.2. The number of phenols is 1. The average molecular weight is 422 g/mol. The largest absolute Gasteiger partial charge is 0.508 e. The summed E-state index contributed by atoms with van der Waals surface area (Å²) in [5.41, 5.74) is 1.20. The molecule has 0 aliphatic rings. The molecule has 9 nitrogen and oxygen atoms in total. The number of fused-ring (bicyclic) bond motifs is 2. The summed E-state index contributed by atoms with van der Waals surface area (Å²) in [7, 11) is 0. The molecule has 0 bridgehead atoms. The van der Waals surface area contributed by atoms with Gasteiger partial charge in [-0.25, -0.2) is 9.59 Å². The Morgan fingerprint density at radius 2 is 1.94 bits per heavy atom. The Morgan fingerprint density at radius 1 is 1.13 bits per heavy atom. The van der Waals surface area contributed by atoms with Gasteiger partial charge in [-0.05, 0) is 42.0 Å². The summed E-state index contributed by atoms with van der Waals surface area (Å²) in [5.74, 6) is -1.46. The molecule has 0 saturated heterocycles. The van der Waals surface area contributed by atoms with Crippen molar-refractivity contribution in [3.63, 3.8) is 0 Å². The maximum absolute atomic E-state index is 12.3. The van der Waals surface area contributed by atoms with Gasteiger partial charge in [0.05, 0.1) is 0 Å². The molecule has 2 aromatic carbocycles. The second-order valence-corrected chi connectivity index (χ2v) is 6.95. The Balaban J connectivity index is 1.42. The van der Waals surface area contributed by atoms with Gasteiger partial charge in [-0.15, -0.1) is 0 Å². The van der Waals surface area contributed by atoms with Gasteiger partial charge in [0, 0.05) is 41.0 Å². The lowest BCUT2D eigenvalue weighted by Crippen LogP contribution is -2.44. The highest BCUT2D eigenvalue weighted by molar-refractivity contribution is 5.88. The zero-order valence-electron chi connectivity index (χ0n) is 16.1. The molecule has 0 radical (unpaired) electrons. The van der Waals surface area contributed by atoms with Gasteiger partial charge in [0.15, 0.2) is 6.61 Å². The summed E-state index contributed by atoms with van der Waals surface area (Å²) in [6.45, 7) is -0.416. The van der Waals surface area contributed by atoms with Crippen molar-refractivity contribution < 1.29 is 29.0 Å². The number of amides is 1. The molecule has 0 unspecified atom stereocenters. The van der Waals surface area contributed by atoms with E-state index in [9.17, 15) is 24.6 Å². The van der Waals surface area contributed by atoms with E-state index in [1.165, 1.54) is 24.3 Å². The molecule has 0 saturated carbocycles. The number of aromatic nitrogens is 1. The number of hydrogen-bond donors (Lipinski definition) is 4. The predicted molar refractivity (Wildman–Crippen MR) is 111 cm³/mol. The van der Waals surface area contributed by atoms with E-state index >= 15 is 0 Å². The van der Waals surface area contributed by atoms with E-state index in [0.29, 0.717) is 27.7 Å². The van der Waals surface area contributed by atoms with Crippen LogP contribution in [0, 0.1) is 0 Å². The third-order valence-corrected chi connectivity index (χ3v) is 4.77. The van der Waals surface area contributed by atoms with Gasteiger partial charge in [-0.2, -0.15) is 0 Å². The van der Waals surface area contributed by atoms with Crippen LogP contribution in [0.15, 0.2) is 63.9 Å². The molecular formula is C22H18N2O7.